The van der Waals surface area contributed by atoms with Crippen molar-refractivity contribution < 1.29 is 19.0 Å². The number of hydrogen-bond donors (Lipinski definition) is 1. The highest BCUT2D eigenvalue weighted by molar-refractivity contribution is 5.80. The van der Waals surface area contributed by atoms with Crippen LogP contribution in [0.2, 0.25) is 0 Å². The molecule has 0 aromatic heterocycles. The molecule has 5 nitrogen and oxygen atoms in total. The van der Waals surface area contributed by atoms with Crippen LogP contribution in [0.1, 0.15) is 34.1 Å². The zero-order valence-corrected chi connectivity index (χ0v) is 12.2. The third-order valence-corrected chi connectivity index (χ3v) is 2.84. The minimum atomic E-state index is -0.693. The molecule has 0 aliphatic carbocycles. The molecule has 0 bridgehead atoms. The van der Waals surface area contributed by atoms with Crippen LogP contribution in [-0.4, -0.2) is 51.1 Å². The summed E-state index contributed by atoms with van der Waals surface area (Å²) in [6, 6.07) is 0. The van der Waals surface area contributed by atoms with Gasteiger partial charge in [0, 0.05) is 13.2 Å². The Hall–Kier alpha value is -0.650. The molecule has 2 atom stereocenters. The molecule has 0 aromatic rings. The third kappa shape index (κ3) is 6.33. The fourth-order valence-corrected chi connectivity index (χ4v) is 1.42. The zero-order chi connectivity index (χ0) is 14.0. The summed E-state index contributed by atoms with van der Waals surface area (Å²) in [5.74, 6) is -0.242. The number of nitrogens with one attached hydrogen (secondary N) is 1. The number of rotatable bonds is 10. The van der Waals surface area contributed by atoms with E-state index in [9.17, 15) is 4.79 Å². The van der Waals surface area contributed by atoms with E-state index in [-0.39, 0.29) is 12.1 Å². The van der Waals surface area contributed by atoms with Gasteiger partial charge < -0.3 is 19.5 Å². The lowest BCUT2D eigenvalue weighted by atomic mass is 9.99. The molecule has 0 aromatic carbocycles. The summed E-state index contributed by atoms with van der Waals surface area (Å²) in [7, 11) is 1.75. The molecule has 5 heteroatoms. The highest BCUT2D eigenvalue weighted by atomic mass is 16.5. The van der Waals surface area contributed by atoms with Crippen molar-refractivity contribution in [2.75, 3.05) is 33.5 Å². The Morgan fingerprint density at radius 2 is 2.00 bits per heavy atom. The van der Waals surface area contributed by atoms with Crippen LogP contribution in [0.5, 0.6) is 0 Å². The van der Waals surface area contributed by atoms with Crippen molar-refractivity contribution in [2.45, 2.75) is 45.8 Å². The first-order valence-electron chi connectivity index (χ1n) is 6.55. The molecule has 18 heavy (non-hydrogen) atoms. The lowest BCUT2D eigenvalue weighted by Crippen LogP contribution is -2.49. The van der Waals surface area contributed by atoms with Crippen LogP contribution in [0.25, 0.3) is 0 Å². The van der Waals surface area contributed by atoms with E-state index in [0.29, 0.717) is 32.8 Å². The van der Waals surface area contributed by atoms with Crippen molar-refractivity contribution in [3.63, 3.8) is 0 Å². The van der Waals surface area contributed by atoms with E-state index in [1.54, 1.807) is 14.0 Å². The second-order valence-corrected chi connectivity index (χ2v) is 4.39. The fraction of sp³-hybridized carbons (Fsp3) is 0.923. The molecular formula is C13H27NO4. The molecule has 2 unspecified atom stereocenters. The number of carbonyl (C=O) groups excluding carboxylic acids is 1. The topological polar surface area (TPSA) is 56.8 Å². The standard InChI is InChI=1S/C13H27NO4/c1-6-16-10-11(3)18-9-8-13(4,14-5)12(15)17-7-2/h11,14H,6-10H2,1-5H3. The van der Waals surface area contributed by atoms with E-state index < -0.39 is 5.54 Å². The van der Waals surface area contributed by atoms with Gasteiger partial charge in [-0.2, -0.15) is 0 Å². The SMILES string of the molecule is CCOCC(C)OCCC(C)(NC)C(=O)OCC. The van der Waals surface area contributed by atoms with Crippen LogP contribution >= 0.6 is 0 Å². The van der Waals surface area contributed by atoms with Crippen molar-refractivity contribution in [1.29, 1.82) is 0 Å². The van der Waals surface area contributed by atoms with E-state index in [1.165, 1.54) is 0 Å². The minimum absolute atomic E-state index is 0.0354. The Morgan fingerprint density at radius 1 is 1.33 bits per heavy atom. The number of carbonyl (C=O) groups is 1. The van der Waals surface area contributed by atoms with E-state index in [2.05, 4.69) is 5.32 Å². The monoisotopic (exact) mass is 261 g/mol. The van der Waals surface area contributed by atoms with Gasteiger partial charge in [-0.1, -0.05) is 0 Å². The van der Waals surface area contributed by atoms with Crippen LogP contribution < -0.4 is 5.32 Å². The van der Waals surface area contributed by atoms with Gasteiger partial charge in [0.25, 0.3) is 0 Å². The van der Waals surface area contributed by atoms with Gasteiger partial charge in [0.15, 0.2) is 0 Å². The van der Waals surface area contributed by atoms with Crippen LogP contribution in [0.3, 0.4) is 0 Å². The summed E-state index contributed by atoms with van der Waals surface area (Å²) in [4.78, 5) is 11.8. The van der Waals surface area contributed by atoms with Crippen LogP contribution in [0.4, 0.5) is 0 Å². The van der Waals surface area contributed by atoms with Gasteiger partial charge in [-0.25, -0.2) is 0 Å². The predicted molar refractivity (Wildman–Crippen MR) is 70.6 cm³/mol. The molecule has 0 fully saturated rings. The normalized spacial score (nSPS) is 16.1. The molecule has 0 aliphatic heterocycles. The molecule has 0 saturated carbocycles. The highest BCUT2D eigenvalue weighted by Gasteiger charge is 2.32. The number of esters is 1. The van der Waals surface area contributed by atoms with Crippen molar-refractivity contribution in [2.24, 2.45) is 0 Å². The second kappa shape index (κ2) is 9.30. The molecule has 0 rings (SSSR count). The quantitative estimate of drug-likeness (QED) is 0.602. The van der Waals surface area contributed by atoms with Crippen LogP contribution in [0, 0.1) is 0 Å². The average Bonchev–Trinajstić information content (AvgIpc) is 2.36. The molecule has 108 valence electrons. The summed E-state index contributed by atoms with van der Waals surface area (Å²) < 4.78 is 15.9. The Labute approximate surface area is 110 Å². The molecule has 0 saturated heterocycles. The van der Waals surface area contributed by atoms with Gasteiger partial charge in [0.1, 0.15) is 5.54 Å². The number of ether oxygens (including phenoxy) is 3. The van der Waals surface area contributed by atoms with Crippen LogP contribution in [-0.2, 0) is 19.0 Å². The Morgan fingerprint density at radius 3 is 2.50 bits per heavy atom. The largest absolute Gasteiger partial charge is 0.465 e. The highest BCUT2D eigenvalue weighted by Crippen LogP contribution is 2.12. The van der Waals surface area contributed by atoms with E-state index in [0.717, 1.165) is 0 Å². The molecule has 0 amide bonds. The average molecular weight is 261 g/mol. The predicted octanol–water partition coefficient (Wildman–Crippen LogP) is 1.36. The Kier molecular flexibility index (Phi) is 8.97. The summed E-state index contributed by atoms with van der Waals surface area (Å²) in [6.45, 7) is 9.66. The Balaban J connectivity index is 4.02. The lowest BCUT2D eigenvalue weighted by molar-refractivity contribution is -0.151. The van der Waals surface area contributed by atoms with Crippen molar-refractivity contribution in [1.82, 2.24) is 5.32 Å². The van der Waals surface area contributed by atoms with E-state index in [4.69, 9.17) is 14.2 Å². The third-order valence-electron chi connectivity index (χ3n) is 2.84. The molecule has 0 heterocycles. The van der Waals surface area contributed by atoms with Gasteiger partial charge in [-0.15, -0.1) is 0 Å². The maximum atomic E-state index is 11.8. The maximum Gasteiger partial charge on any atom is 0.326 e. The van der Waals surface area contributed by atoms with Gasteiger partial charge in [0.2, 0.25) is 0 Å². The van der Waals surface area contributed by atoms with Gasteiger partial charge in [-0.05, 0) is 41.2 Å². The first kappa shape index (κ1) is 17.4. The van der Waals surface area contributed by atoms with Gasteiger partial charge >= 0.3 is 5.97 Å². The Bertz CT molecular complexity index is 235. The molecular weight excluding hydrogens is 234 g/mol. The van der Waals surface area contributed by atoms with Crippen molar-refractivity contribution >= 4 is 5.97 Å². The summed E-state index contributed by atoms with van der Waals surface area (Å²) in [6.07, 6.45) is 0.604. The summed E-state index contributed by atoms with van der Waals surface area (Å²) in [5.41, 5.74) is -0.693. The lowest BCUT2D eigenvalue weighted by Gasteiger charge is -2.27. The van der Waals surface area contributed by atoms with Crippen LogP contribution in [0.15, 0.2) is 0 Å². The van der Waals surface area contributed by atoms with Gasteiger partial charge in [0.05, 0.1) is 19.3 Å². The molecule has 1 N–H and O–H groups in total. The van der Waals surface area contributed by atoms with E-state index >= 15 is 0 Å². The zero-order valence-electron chi connectivity index (χ0n) is 12.2. The molecule has 0 aliphatic rings. The fourth-order valence-electron chi connectivity index (χ4n) is 1.42. The summed E-state index contributed by atoms with van der Waals surface area (Å²) in [5, 5.41) is 2.99. The summed E-state index contributed by atoms with van der Waals surface area (Å²) >= 11 is 0. The van der Waals surface area contributed by atoms with Crippen molar-refractivity contribution in [3.05, 3.63) is 0 Å². The maximum absolute atomic E-state index is 11.8. The first-order valence-corrected chi connectivity index (χ1v) is 6.55. The van der Waals surface area contributed by atoms with Crippen molar-refractivity contribution in [3.8, 4) is 0 Å². The number of hydrogen-bond acceptors (Lipinski definition) is 5. The minimum Gasteiger partial charge on any atom is -0.465 e. The molecule has 0 radical (unpaired) electrons. The first-order chi connectivity index (χ1) is 8.50. The second-order valence-electron chi connectivity index (χ2n) is 4.39. The smallest absolute Gasteiger partial charge is 0.326 e. The molecule has 0 spiro atoms. The number of likely N-dealkylation sites (N-methyl/N-ethyl adjacent to an activating group) is 1. The van der Waals surface area contributed by atoms with E-state index in [1.807, 2.05) is 20.8 Å². The van der Waals surface area contributed by atoms with Gasteiger partial charge in [-0.3, -0.25) is 4.79 Å².